The van der Waals surface area contributed by atoms with Gasteiger partial charge in [0.05, 0.1) is 25.4 Å². The highest BCUT2D eigenvalue weighted by molar-refractivity contribution is 5.86. The monoisotopic (exact) mass is 296 g/mol. The number of hydrogen-bond donors (Lipinski definition) is 2. The molecule has 0 aromatic carbocycles. The van der Waals surface area contributed by atoms with Crippen molar-refractivity contribution >= 4 is 12.0 Å². The summed E-state index contributed by atoms with van der Waals surface area (Å²) < 4.78 is 11.2. The van der Waals surface area contributed by atoms with Gasteiger partial charge in [0.2, 0.25) is 0 Å². The standard InChI is InChI=1S/C13H16N2O6/c1-20-11(17)5-2-8-6-15(13(19)14-12(8)18)10-4-3-9(7-16)21-10/h2,5-6,9-10,16H,3-4,7H2,1H3,(H,14,18,19)/b5-2+. The van der Waals surface area contributed by atoms with Crippen molar-refractivity contribution in [3.05, 3.63) is 38.7 Å². The highest BCUT2D eigenvalue weighted by Gasteiger charge is 2.26. The van der Waals surface area contributed by atoms with E-state index < -0.39 is 23.4 Å². The van der Waals surface area contributed by atoms with Gasteiger partial charge in [0, 0.05) is 12.3 Å². The molecular formula is C13H16N2O6. The molecule has 0 amide bonds. The van der Waals surface area contributed by atoms with Crippen LogP contribution in [-0.2, 0) is 14.3 Å². The largest absolute Gasteiger partial charge is 0.466 e. The zero-order chi connectivity index (χ0) is 15.4. The van der Waals surface area contributed by atoms with Gasteiger partial charge in [-0.25, -0.2) is 9.59 Å². The van der Waals surface area contributed by atoms with E-state index in [0.29, 0.717) is 12.8 Å². The van der Waals surface area contributed by atoms with E-state index in [0.717, 1.165) is 6.08 Å². The lowest BCUT2D eigenvalue weighted by Crippen LogP contribution is -2.33. The molecule has 1 aromatic rings. The van der Waals surface area contributed by atoms with Crippen LogP contribution in [0.2, 0.25) is 0 Å². The fraction of sp³-hybridized carbons (Fsp3) is 0.462. The summed E-state index contributed by atoms with van der Waals surface area (Å²) in [7, 11) is 1.22. The van der Waals surface area contributed by atoms with E-state index in [1.54, 1.807) is 0 Å². The van der Waals surface area contributed by atoms with Crippen LogP contribution in [0.5, 0.6) is 0 Å². The summed E-state index contributed by atoms with van der Waals surface area (Å²) in [5.74, 6) is -0.607. The number of ether oxygens (including phenoxy) is 2. The van der Waals surface area contributed by atoms with Crippen LogP contribution in [-0.4, -0.2) is 40.4 Å². The fourth-order valence-electron chi connectivity index (χ4n) is 2.09. The van der Waals surface area contributed by atoms with Gasteiger partial charge >= 0.3 is 11.7 Å². The predicted octanol–water partition coefficient (Wildman–Crippen LogP) is -0.607. The number of H-pyrrole nitrogens is 1. The topological polar surface area (TPSA) is 111 Å². The van der Waals surface area contributed by atoms with Crippen molar-refractivity contribution in [1.82, 2.24) is 9.55 Å². The lowest BCUT2D eigenvalue weighted by molar-refractivity contribution is -0.134. The van der Waals surface area contributed by atoms with E-state index in [9.17, 15) is 14.4 Å². The molecule has 8 heteroatoms. The zero-order valence-electron chi connectivity index (χ0n) is 11.4. The number of nitrogens with one attached hydrogen (secondary N) is 1. The quantitative estimate of drug-likeness (QED) is 0.566. The van der Waals surface area contributed by atoms with Crippen LogP contribution in [0.4, 0.5) is 0 Å². The minimum atomic E-state index is -0.607. The van der Waals surface area contributed by atoms with Crippen LogP contribution >= 0.6 is 0 Å². The highest BCUT2D eigenvalue weighted by atomic mass is 16.5. The number of aromatic amines is 1. The molecule has 2 N–H and O–H groups in total. The molecule has 0 spiro atoms. The summed E-state index contributed by atoms with van der Waals surface area (Å²) in [6, 6.07) is 0. The Bertz CT molecular complexity index is 659. The Hall–Kier alpha value is -2.19. The molecule has 2 unspecified atom stereocenters. The summed E-state index contributed by atoms with van der Waals surface area (Å²) in [6.07, 6.45) is 3.99. The Morgan fingerprint density at radius 1 is 1.57 bits per heavy atom. The van der Waals surface area contributed by atoms with Crippen molar-refractivity contribution in [2.75, 3.05) is 13.7 Å². The Morgan fingerprint density at radius 2 is 2.33 bits per heavy atom. The Balaban J connectivity index is 2.31. The maximum Gasteiger partial charge on any atom is 0.330 e. The van der Waals surface area contributed by atoms with Crippen molar-refractivity contribution in [3.63, 3.8) is 0 Å². The highest BCUT2D eigenvalue weighted by Crippen LogP contribution is 2.26. The van der Waals surface area contributed by atoms with E-state index in [1.165, 1.54) is 23.9 Å². The van der Waals surface area contributed by atoms with Crippen molar-refractivity contribution in [2.45, 2.75) is 25.2 Å². The van der Waals surface area contributed by atoms with Crippen molar-refractivity contribution in [2.24, 2.45) is 0 Å². The SMILES string of the molecule is COC(=O)/C=C/c1cn(C2CCC(CO)O2)c(=O)[nH]c1=O. The molecule has 2 heterocycles. The second kappa shape index (κ2) is 6.51. The lowest BCUT2D eigenvalue weighted by Gasteiger charge is -2.14. The van der Waals surface area contributed by atoms with Crippen molar-refractivity contribution in [3.8, 4) is 0 Å². The third-order valence-corrected chi connectivity index (χ3v) is 3.19. The maximum absolute atomic E-state index is 11.8. The molecule has 2 rings (SSSR count). The van der Waals surface area contributed by atoms with Crippen LogP contribution in [0.15, 0.2) is 21.9 Å². The van der Waals surface area contributed by atoms with Crippen molar-refractivity contribution in [1.29, 1.82) is 0 Å². The Labute approximate surface area is 119 Å². The number of carbonyl (C=O) groups excluding carboxylic acids is 1. The minimum absolute atomic E-state index is 0.121. The molecule has 1 saturated heterocycles. The summed E-state index contributed by atoms with van der Waals surface area (Å²) >= 11 is 0. The normalized spacial score (nSPS) is 21.8. The van der Waals surface area contributed by atoms with Gasteiger partial charge in [0.15, 0.2) is 0 Å². The number of carbonyl (C=O) groups is 1. The summed E-state index contributed by atoms with van der Waals surface area (Å²) in [4.78, 5) is 36.7. The van der Waals surface area contributed by atoms with Crippen molar-refractivity contribution < 1.29 is 19.4 Å². The molecule has 114 valence electrons. The minimum Gasteiger partial charge on any atom is -0.466 e. The molecule has 0 radical (unpaired) electrons. The Kier molecular flexibility index (Phi) is 4.71. The first-order valence-electron chi connectivity index (χ1n) is 6.43. The number of aliphatic hydroxyl groups is 1. The van der Waals surface area contributed by atoms with Gasteiger partial charge in [0.1, 0.15) is 6.23 Å². The molecule has 21 heavy (non-hydrogen) atoms. The molecule has 0 aliphatic carbocycles. The van der Waals surface area contributed by atoms with E-state index in [2.05, 4.69) is 9.72 Å². The molecule has 1 fully saturated rings. The number of esters is 1. The summed E-state index contributed by atoms with van der Waals surface area (Å²) in [6.45, 7) is -0.121. The third kappa shape index (κ3) is 3.47. The third-order valence-electron chi connectivity index (χ3n) is 3.19. The van der Waals surface area contributed by atoms with Gasteiger partial charge in [-0.3, -0.25) is 14.3 Å². The molecule has 8 nitrogen and oxygen atoms in total. The zero-order valence-corrected chi connectivity index (χ0v) is 11.4. The van der Waals surface area contributed by atoms with E-state index in [-0.39, 0.29) is 18.3 Å². The fourth-order valence-corrected chi connectivity index (χ4v) is 2.09. The number of aliphatic hydroxyl groups excluding tert-OH is 1. The number of methoxy groups -OCH3 is 1. The van der Waals surface area contributed by atoms with Gasteiger partial charge in [-0.2, -0.15) is 0 Å². The number of rotatable bonds is 4. The smallest absolute Gasteiger partial charge is 0.330 e. The molecule has 0 bridgehead atoms. The average Bonchev–Trinajstić information content (AvgIpc) is 2.94. The Morgan fingerprint density at radius 3 is 2.95 bits per heavy atom. The summed E-state index contributed by atoms with van der Waals surface area (Å²) in [5, 5.41) is 9.04. The molecule has 0 saturated carbocycles. The van der Waals surface area contributed by atoms with Gasteiger partial charge in [-0.1, -0.05) is 0 Å². The van der Waals surface area contributed by atoms with E-state index >= 15 is 0 Å². The van der Waals surface area contributed by atoms with Crippen LogP contribution in [0.25, 0.3) is 6.08 Å². The first kappa shape index (κ1) is 15.2. The second-order valence-electron chi connectivity index (χ2n) is 4.58. The van der Waals surface area contributed by atoms with Gasteiger partial charge < -0.3 is 14.6 Å². The first-order chi connectivity index (χ1) is 10.0. The van der Waals surface area contributed by atoms with Gasteiger partial charge in [0.25, 0.3) is 5.56 Å². The van der Waals surface area contributed by atoms with Gasteiger partial charge in [-0.05, 0) is 18.9 Å². The number of nitrogens with zero attached hydrogens (tertiary/aromatic N) is 1. The van der Waals surface area contributed by atoms with Crippen LogP contribution in [0, 0.1) is 0 Å². The van der Waals surface area contributed by atoms with Crippen LogP contribution < -0.4 is 11.2 Å². The van der Waals surface area contributed by atoms with Crippen LogP contribution in [0.3, 0.4) is 0 Å². The number of aromatic nitrogens is 2. The second-order valence-corrected chi connectivity index (χ2v) is 4.58. The average molecular weight is 296 g/mol. The molecule has 1 aliphatic heterocycles. The van der Waals surface area contributed by atoms with Crippen LogP contribution in [0.1, 0.15) is 24.6 Å². The van der Waals surface area contributed by atoms with E-state index in [4.69, 9.17) is 9.84 Å². The first-order valence-corrected chi connectivity index (χ1v) is 6.43. The van der Waals surface area contributed by atoms with E-state index in [1.807, 2.05) is 0 Å². The molecule has 1 aliphatic rings. The maximum atomic E-state index is 11.8. The molecular weight excluding hydrogens is 280 g/mol. The van der Waals surface area contributed by atoms with Gasteiger partial charge in [-0.15, -0.1) is 0 Å². The predicted molar refractivity (Wildman–Crippen MR) is 72.6 cm³/mol. The lowest BCUT2D eigenvalue weighted by atomic mass is 10.2. The summed E-state index contributed by atoms with van der Waals surface area (Å²) in [5.41, 5.74) is -1.07. The molecule has 1 aromatic heterocycles. The molecule has 2 atom stereocenters. The number of hydrogen-bond acceptors (Lipinski definition) is 6.